The minimum absolute atomic E-state index is 0.0673. The number of hydrogen-bond donors (Lipinski definition) is 2. The molecule has 2 amide bonds. The van der Waals surface area contributed by atoms with Gasteiger partial charge in [-0.2, -0.15) is 0 Å². The first-order chi connectivity index (χ1) is 8.97. The highest BCUT2D eigenvalue weighted by Gasteiger charge is 2.25. The fraction of sp³-hybridized carbons (Fsp3) is 0.417. The molecule has 1 saturated heterocycles. The lowest BCUT2D eigenvalue weighted by atomic mass is 10.2. The van der Waals surface area contributed by atoms with Crippen LogP contribution in [0.4, 0.5) is 16.2 Å². The zero-order chi connectivity index (χ0) is 14.0. The van der Waals surface area contributed by atoms with Crippen molar-refractivity contribution in [2.75, 3.05) is 18.4 Å². The van der Waals surface area contributed by atoms with Crippen LogP contribution in [0.3, 0.4) is 0 Å². The molecule has 1 atom stereocenters. The lowest BCUT2D eigenvalue weighted by molar-refractivity contribution is -0.384. The molecule has 1 aromatic rings. The number of likely N-dealkylation sites (tertiary alicyclic amines) is 1. The van der Waals surface area contributed by atoms with Crippen molar-refractivity contribution in [1.82, 2.24) is 4.90 Å². The topological polar surface area (TPSA) is 95.7 Å². The predicted molar refractivity (Wildman–Crippen MR) is 69.0 cm³/mol. The van der Waals surface area contributed by atoms with E-state index in [1.807, 2.05) is 0 Å². The number of nitro benzene ring substituents is 1. The summed E-state index contributed by atoms with van der Waals surface area (Å²) in [7, 11) is 0. The number of aliphatic hydroxyl groups is 1. The third kappa shape index (κ3) is 3.00. The van der Waals surface area contributed by atoms with E-state index in [4.69, 9.17) is 0 Å². The van der Waals surface area contributed by atoms with Crippen LogP contribution in [0.2, 0.25) is 0 Å². The van der Waals surface area contributed by atoms with E-state index in [0.29, 0.717) is 25.2 Å². The first kappa shape index (κ1) is 13.3. The molecular weight excluding hydrogens is 250 g/mol. The summed E-state index contributed by atoms with van der Waals surface area (Å²) in [6.45, 7) is 2.54. The van der Waals surface area contributed by atoms with Crippen molar-refractivity contribution in [2.24, 2.45) is 0 Å². The third-order valence-corrected chi connectivity index (χ3v) is 3.12. The van der Waals surface area contributed by atoms with Gasteiger partial charge in [-0.1, -0.05) is 6.07 Å². The van der Waals surface area contributed by atoms with Crippen LogP contribution < -0.4 is 5.32 Å². The van der Waals surface area contributed by atoms with Crippen LogP contribution in [-0.2, 0) is 0 Å². The summed E-state index contributed by atoms with van der Waals surface area (Å²) in [5.74, 6) is 0. The molecular formula is C12H15N3O4. The number of hydrogen-bond acceptors (Lipinski definition) is 4. The maximum absolute atomic E-state index is 11.9. The van der Waals surface area contributed by atoms with E-state index in [1.165, 1.54) is 17.0 Å². The molecule has 2 rings (SSSR count). The average molecular weight is 265 g/mol. The van der Waals surface area contributed by atoms with E-state index in [2.05, 4.69) is 5.32 Å². The van der Waals surface area contributed by atoms with Crippen molar-refractivity contribution < 1.29 is 14.8 Å². The Morgan fingerprint density at radius 1 is 1.58 bits per heavy atom. The smallest absolute Gasteiger partial charge is 0.321 e. The Bertz CT molecular complexity index is 518. The van der Waals surface area contributed by atoms with Crippen LogP contribution in [0.1, 0.15) is 12.0 Å². The normalized spacial score (nSPS) is 18.4. The van der Waals surface area contributed by atoms with Gasteiger partial charge in [0.2, 0.25) is 0 Å². The fourth-order valence-electron chi connectivity index (χ4n) is 1.98. The number of non-ortho nitro benzene ring substituents is 1. The number of aryl methyl sites for hydroxylation is 1. The second kappa shape index (κ2) is 5.23. The highest BCUT2D eigenvalue weighted by molar-refractivity contribution is 5.90. The van der Waals surface area contributed by atoms with Crippen LogP contribution in [0, 0.1) is 17.0 Å². The molecule has 0 radical (unpaired) electrons. The lowest BCUT2D eigenvalue weighted by Crippen LogP contribution is -2.33. The molecule has 0 saturated carbocycles. The number of benzene rings is 1. The van der Waals surface area contributed by atoms with Crippen molar-refractivity contribution in [3.05, 3.63) is 33.9 Å². The fourth-order valence-corrected chi connectivity index (χ4v) is 1.98. The zero-order valence-electron chi connectivity index (χ0n) is 10.5. The Labute approximate surface area is 110 Å². The van der Waals surface area contributed by atoms with Gasteiger partial charge in [-0.15, -0.1) is 0 Å². The van der Waals surface area contributed by atoms with Crippen LogP contribution in [-0.4, -0.2) is 40.2 Å². The second-order valence-corrected chi connectivity index (χ2v) is 4.58. The summed E-state index contributed by atoms with van der Waals surface area (Å²) >= 11 is 0. The number of aliphatic hydroxyl groups excluding tert-OH is 1. The standard InChI is InChI=1S/C12H15N3O4/c1-8-2-3-9(15(18)19)6-11(8)13-12(17)14-5-4-10(16)7-14/h2-3,6,10,16H,4-5,7H2,1H3,(H,13,17)/t10-/m1/s1. The number of urea groups is 1. The van der Waals surface area contributed by atoms with Gasteiger partial charge < -0.3 is 15.3 Å². The Balaban J connectivity index is 2.12. The van der Waals surface area contributed by atoms with Crippen molar-refractivity contribution >= 4 is 17.4 Å². The van der Waals surface area contributed by atoms with E-state index >= 15 is 0 Å². The largest absolute Gasteiger partial charge is 0.391 e. The number of amides is 2. The number of β-amino-alcohol motifs (C(OH)–C–C–N with tert-alkyl or cyclic N) is 1. The van der Waals surface area contributed by atoms with Crippen LogP contribution in [0.25, 0.3) is 0 Å². The SMILES string of the molecule is Cc1ccc([N+](=O)[O-])cc1NC(=O)N1CC[C@@H](O)C1. The number of anilines is 1. The monoisotopic (exact) mass is 265 g/mol. The number of carbonyl (C=O) groups is 1. The number of nitrogens with one attached hydrogen (secondary N) is 1. The highest BCUT2D eigenvalue weighted by atomic mass is 16.6. The number of nitrogens with zero attached hydrogens (tertiary/aromatic N) is 2. The first-order valence-corrected chi connectivity index (χ1v) is 5.96. The van der Waals surface area contributed by atoms with Gasteiger partial charge in [0.1, 0.15) is 0 Å². The minimum atomic E-state index is -0.505. The number of nitro groups is 1. The predicted octanol–water partition coefficient (Wildman–Crippen LogP) is 1.50. The van der Waals surface area contributed by atoms with Gasteiger partial charge in [-0.3, -0.25) is 10.1 Å². The van der Waals surface area contributed by atoms with Gasteiger partial charge in [0, 0.05) is 25.2 Å². The molecule has 1 heterocycles. The van der Waals surface area contributed by atoms with Crippen molar-refractivity contribution in [2.45, 2.75) is 19.4 Å². The van der Waals surface area contributed by atoms with Crippen molar-refractivity contribution in [3.63, 3.8) is 0 Å². The molecule has 1 aliphatic rings. The van der Waals surface area contributed by atoms with Gasteiger partial charge in [0.25, 0.3) is 5.69 Å². The van der Waals surface area contributed by atoms with Gasteiger partial charge in [0.05, 0.1) is 16.7 Å². The maximum atomic E-state index is 11.9. The summed E-state index contributed by atoms with van der Waals surface area (Å²) in [5, 5.41) is 22.7. The highest BCUT2D eigenvalue weighted by Crippen LogP contribution is 2.22. The Hall–Kier alpha value is -2.15. The van der Waals surface area contributed by atoms with E-state index in [1.54, 1.807) is 13.0 Å². The van der Waals surface area contributed by atoms with Crippen molar-refractivity contribution in [1.29, 1.82) is 0 Å². The molecule has 0 bridgehead atoms. The maximum Gasteiger partial charge on any atom is 0.321 e. The van der Waals surface area contributed by atoms with Crippen molar-refractivity contribution in [3.8, 4) is 0 Å². The molecule has 1 aliphatic heterocycles. The third-order valence-electron chi connectivity index (χ3n) is 3.12. The van der Waals surface area contributed by atoms with E-state index in [0.717, 1.165) is 5.56 Å². The summed E-state index contributed by atoms with van der Waals surface area (Å²) in [5.41, 5.74) is 1.10. The van der Waals surface area contributed by atoms with Gasteiger partial charge >= 0.3 is 6.03 Å². The molecule has 7 nitrogen and oxygen atoms in total. The second-order valence-electron chi connectivity index (χ2n) is 4.58. The molecule has 0 aliphatic carbocycles. The quantitative estimate of drug-likeness (QED) is 0.625. The summed E-state index contributed by atoms with van der Waals surface area (Å²) < 4.78 is 0. The van der Waals surface area contributed by atoms with Gasteiger partial charge in [-0.25, -0.2) is 4.79 Å². The lowest BCUT2D eigenvalue weighted by Gasteiger charge is -2.17. The molecule has 1 aromatic carbocycles. The Kier molecular flexibility index (Phi) is 3.66. The molecule has 7 heteroatoms. The Morgan fingerprint density at radius 3 is 2.89 bits per heavy atom. The molecule has 19 heavy (non-hydrogen) atoms. The summed E-state index contributed by atoms with van der Waals surface area (Å²) in [4.78, 5) is 23.6. The summed E-state index contributed by atoms with van der Waals surface area (Å²) in [6, 6.07) is 3.97. The molecule has 0 unspecified atom stereocenters. The van der Waals surface area contributed by atoms with E-state index < -0.39 is 11.0 Å². The average Bonchev–Trinajstić information content (AvgIpc) is 2.78. The van der Waals surface area contributed by atoms with E-state index in [-0.39, 0.29) is 11.7 Å². The number of carbonyl (C=O) groups excluding carboxylic acids is 1. The minimum Gasteiger partial charge on any atom is -0.391 e. The number of rotatable bonds is 2. The summed E-state index contributed by atoms with van der Waals surface area (Å²) in [6.07, 6.45) is 0.0680. The first-order valence-electron chi connectivity index (χ1n) is 5.96. The van der Waals surface area contributed by atoms with Gasteiger partial charge in [0.15, 0.2) is 0 Å². The van der Waals surface area contributed by atoms with Crippen LogP contribution in [0.5, 0.6) is 0 Å². The van der Waals surface area contributed by atoms with Gasteiger partial charge in [-0.05, 0) is 18.9 Å². The molecule has 1 fully saturated rings. The van der Waals surface area contributed by atoms with E-state index in [9.17, 15) is 20.0 Å². The van der Waals surface area contributed by atoms with Crippen LogP contribution >= 0.6 is 0 Å². The molecule has 0 spiro atoms. The Morgan fingerprint density at radius 2 is 2.32 bits per heavy atom. The molecule has 2 N–H and O–H groups in total. The zero-order valence-corrected chi connectivity index (χ0v) is 10.5. The molecule has 102 valence electrons. The van der Waals surface area contributed by atoms with Crippen LogP contribution in [0.15, 0.2) is 18.2 Å². The molecule has 0 aromatic heterocycles.